The number of carbonyl (C=O) groups excluding carboxylic acids is 1. The summed E-state index contributed by atoms with van der Waals surface area (Å²) < 4.78 is 10.8. The van der Waals surface area contributed by atoms with E-state index in [1.165, 1.54) is 12.8 Å². The van der Waals surface area contributed by atoms with Gasteiger partial charge in [0.2, 0.25) is 0 Å². The predicted molar refractivity (Wildman–Crippen MR) is 68.4 cm³/mol. The van der Waals surface area contributed by atoms with Gasteiger partial charge in [-0.15, -0.1) is 0 Å². The van der Waals surface area contributed by atoms with E-state index >= 15 is 0 Å². The largest absolute Gasteiger partial charge is 0.376 e. The highest BCUT2D eigenvalue weighted by Crippen LogP contribution is 2.14. The molecule has 2 saturated heterocycles. The van der Waals surface area contributed by atoms with Gasteiger partial charge in [-0.2, -0.15) is 0 Å². The zero-order chi connectivity index (χ0) is 12.8. The Kier molecular flexibility index (Phi) is 5.41. The molecule has 2 aliphatic rings. The van der Waals surface area contributed by atoms with Gasteiger partial charge in [0.15, 0.2) is 6.10 Å². The summed E-state index contributed by atoms with van der Waals surface area (Å²) in [6.07, 6.45) is 2.02. The van der Waals surface area contributed by atoms with E-state index in [9.17, 15) is 4.79 Å². The molecule has 1 N–H and O–H groups in total. The summed E-state index contributed by atoms with van der Waals surface area (Å²) in [7, 11) is 0. The summed E-state index contributed by atoms with van der Waals surface area (Å²) in [5, 5.41) is 3.39. The predicted octanol–water partition coefficient (Wildman–Crippen LogP) is 0.250. The van der Waals surface area contributed by atoms with Crippen LogP contribution in [0.25, 0.3) is 0 Å². The van der Waals surface area contributed by atoms with Gasteiger partial charge in [0.1, 0.15) is 0 Å². The first-order valence-corrected chi connectivity index (χ1v) is 7.00. The molecule has 0 aromatic heterocycles. The zero-order valence-electron chi connectivity index (χ0n) is 11.2. The third-order valence-corrected chi connectivity index (χ3v) is 3.66. The molecular weight excluding hydrogens is 232 g/mol. The van der Waals surface area contributed by atoms with Crippen LogP contribution in [0.1, 0.15) is 19.8 Å². The smallest absolute Gasteiger partial charge is 0.254 e. The van der Waals surface area contributed by atoms with Crippen molar-refractivity contribution in [1.82, 2.24) is 10.2 Å². The number of amides is 1. The molecule has 0 aromatic rings. The highest BCUT2D eigenvalue weighted by atomic mass is 16.6. The molecule has 0 aromatic carbocycles. The topological polar surface area (TPSA) is 50.8 Å². The Morgan fingerprint density at radius 1 is 1.44 bits per heavy atom. The van der Waals surface area contributed by atoms with Crippen molar-refractivity contribution in [1.29, 1.82) is 0 Å². The van der Waals surface area contributed by atoms with E-state index in [0.29, 0.717) is 25.7 Å². The highest BCUT2D eigenvalue weighted by molar-refractivity contribution is 5.81. The highest BCUT2D eigenvalue weighted by Gasteiger charge is 2.28. The first-order chi connectivity index (χ1) is 8.81. The van der Waals surface area contributed by atoms with Gasteiger partial charge in [0.25, 0.3) is 5.91 Å². The second kappa shape index (κ2) is 7.07. The summed E-state index contributed by atoms with van der Waals surface area (Å²) in [4.78, 5) is 14.2. The minimum Gasteiger partial charge on any atom is -0.376 e. The second-order valence-electron chi connectivity index (χ2n) is 5.02. The van der Waals surface area contributed by atoms with E-state index < -0.39 is 6.10 Å². The van der Waals surface area contributed by atoms with Crippen LogP contribution >= 0.6 is 0 Å². The Morgan fingerprint density at radius 3 is 2.94 bits per heavy atom. The van der Waals surface area contributed by atoms with Crippen molar-refractivity contribution >= 4 is 5.91 Å². The number of ether oxygens (including phenoxy) is 2. The molecule has 2 atom stereocenters. The lowest BCUT2D eigenvalue weighted by molar-refractivity contribution is -0.158. The van der Waals surface area contributed by atoms with E-state index in [1.54, 1.807) is 0 Å². The van der Waals surface area contributed by atoms with Crippen LogP contribution in [0, 0.1) is 5.92 Å². The lowest BCUT2D eigenvalue weighted by Crippen LogP contribution is -2.48. The minimum absolute atomic E-state index is 0.0859. The normalized spacial score (nSPS) is 28.9. The van der Waals surface area contributed by atoms with Gasteiger partial charge in [-0.3, -0.25) is 4.79 Å². The fourth-order valence-electron chi connectivity index (χ4n) is 2.60. The van der Waals surface area contributed by atoms with Crippen LogP contribution in [-0.2, 0) is 14.3 Å². The van der Waals surface area contributed by atoms with E-state index in [2.05, 4.69) is 5.32 Å². The summed E-state index contributed by atoms with van der Waals surface area (Å²) in [5.41, 5.74) is 0. The van der Waals surface area contributed by atoms with Gasteiger partial charge < -0.3 is 19.7 Å². The number of hydrogen-bond acceptors (Lipinski definition) is 4. The van der Waals surface area contributed by atoms with E-state index in [-0.39, 0.29) is 5.91 Å². The third kappa shape index (κ3) is 3.67. The Balaban J connectivity index is 1.84. The Labute approximate surface area is 109 Å². The fraction of sp³-hybridized carbons (Fsp3) is 0.923. The molecule has 0 bridgehead atoms. The van der Waals surface area contributed by atoms with Crippen LogP contribution in [0.3, 0.4) is 0 Å². The van der Waals surface area contributed by atoms with Crippen LogP contribution in [0.4, 0.5) is 0 Å². The molecule has 0 spiro atoms. The number of rotatable bonds is 4. The number of nitrogens with zero attached hydrogens (tertiary/aromatic N) is 1. The van der Waals surface area contributed by atoms with Crippen molar-refractivity contribution < 1.29 is 14.3 Å². The number of piperidine rings is 1. The summed E-state index contributed by atoms with van der Waals surface area (Å²) in [6, 6.07) is 0. The molecule has 0 aliphatic carbocycles. The molecule has 18 heavy (non-hydrogen) atoms. The molecule has 2 fully saturated rings. The van der Waals surface area contributed by atoms with Crippen molar-refractivity contribution in [3.8, 4) is 0 Å². The third-order valence-electron chi connectivity index (χ3n) is 3.66. The maximum absolute atomic E-state index is 12.3. The standard InChI is InChI=1S/C13H24N2O3/c1-2-15(9-11-4-3-5-14-8-11)13(16)12-10-17-6-7-18-12/h11-12,14H,2-10H2,1H3. The SMILES string of the molecule is CCN(CC1CCCNC1)C(=O)C1COCCO1. The summed E-state index contributed by atoms with van der Waals surface area (Å²) in [5.74, 6) is 0.662. The van der Waals surface area contributed by atoms with Crippen molar-refractivity contribution in [2.45, 2.75) is 25.9 Å². The Morgan fingerprint density at radius 2 is 2.33 bits per heavy atom. The van der Waals surface area contributed by atoms with Gasteiger partial charge >= 0.3 is 0 Å². The van der Waals surface area contributed by atoms with Gasteiger partial charge in [0.05, 0.1) is 19.8 Å². The number of carbonyl (C=O) groups is 1. The number of likely N-dealkylation sites (N-methyl/N-ethyl adjacent to an activating group) is 1. The fourth-order valence-corrected chi connectivity index (χ4v) is 2.60. The molecule has 1 amide bonds. The van der Waals surface area contributed by atoms with Crippen molar-refractivity contribution in [2.24, 2.45) is 5.92 Å². The van der Waals surface area contributed by atoms with Gasteiger partial charge in [0, 0.05) is 13.1 Å². The van der Waals surface area contributed by atoms with Crippen molar-refractivity contribution in [3.63, 3.8) is 0 Å². The first-order valence-electron chi connectivity index (χ1n) is 7.00. The summed E-state index contributed by atoms with van der Waals surface area (Å²) >= 11 is 0. The molecule has 5 heteroatoms. The number of nitrogens with one attached hydrogen (secondary N) is 1. The molecule has 2 rings (SSSR count). The lowest BCUT2D eigenvalue weighted by atomic mass is 9.99. The van der Waals surface area contributed by atoms with Crippen LogP contribution < -0.4 is 5.32 Å². The van der Waals surface area contributed by atoms with Crippen molar-refractivity contribution in [3.05, 3.63) is 0 Å². The molecule has 104 valence electrons. The van der Waals surface area contributed by atoms with Crippen LogP contribution in [0.5, 0.6) is 0 Å². The Bertz CT molecular complexity index is 261. The van der Waals surface area contributed by atoms with Crippen LogP contribution in [0.15, 0.2) is 0 Å². The maximum Gasteiger partial charge on any atom is 0.254 e. The molecule has 2 unspecified atom stereocenters. The molecule has 5 nitrogen and oxygen atoms in total. The van der Waals surface area contributed by atoms with Crippen LogP contribution in [-0.4, -0.2) is 62.9 Å². The first kappa shape index (κ1) is 13.8. The van der Waals surface area contributed by atoms with Crippen LogP contribution in [0.2, 0.25) is 0 Å². The van der Waals surface area contributed by atoms with Crippen molar-refractivity contribution in [2.75, 3.05) is 46.0 Å². The molecule has 2 heterocycles. The lowest BCUT2D eigenvalue weighted by Gasteiger charge is -2.32. The quantitative estimate of drug-likeness (QED) is 0.783. The second-order valence-corrected chi connectivity index (χ2v) is 5.02. The minimum atomic E-state index is -0.393. The molecule has 0 radical (unpaired) electrons. The average molecular weight is 256 g/mol. The maximum atomic E-state index is 12.3. The summed E-state index contributed by atoms with van der Waals surface area (Å²) in [6.45, 7) is 7.26. The molecular formula is C13H24N2O3. The number of hydrogen-bond donors (Lipinski definition) is 1. The van der Waals surface area contributed by atoms with E-state index in [4.69, 9.17) is 9.47 Å². The van der Waals surface area contributed by atoms with Gasteiger partial charge in [-0.1, -0.05) is 0 Å². The molecule has 0 saturated carbocycles. The van der Waals surface area contributed by atoms with Gasteiger partial charge in [-0.05, 0) is 38.8 Å². The molecule has 2 aliphatic heterocycles. The monoisotopic (exact) mass is 256 g/mol. The van der Waals surface area contributed by atoms with E-state index in [1.807, 2.05) is 11.8 Å². The van der Waals surface area contributed by atoms with E-state index in [0.717, 1.165) is 26.2 Å². The van der Waals surface area contributed by atoms with Gasteiger partial charge in [-0.25, -0.2) is 0 Å². The Hall–Kier alpha value is -0.650. The average Bonchev–Trinajstić information content (AvgIpc) is 2.46. The zero-order valence-corrected chi connectivity index (χ0v) is 11.2.